The molecule has 0 spiro atoms. The lowest BCUT2D eigenvalue weighted by Gasteiger charge is -2.11. The average molecular weight is 238 g/mol. The molecule has 5 nitrogen and oxygen atoms in total. The van der Waals surface area contributed by atoms with Gasteiger partial charge in [-0.05, 0) is 12.8 Å². The van der Waals surface area contributed by atoms with Crippen molar-refractivity contribution >= 4 is 23.5 Å². The van der Waals surface area contributed by atoms with Gasteiger partial charge in [-0.3, -0.25) is 4.79 Å². The van der Waals surface area contributed by atoms with Crippen molar-refractivity contribution in [3.05, 3.63) is 12.4 Å². The summed E-state index contributed by atoms with van der Waals surface area (Å²) in [6.45, 7) is 0.770. The number of nitrogen functional groups attached to an aromatic ring is 1. The third kappa shape index (κ3) is 2.85. The molecule has 1 saturated heterocycles. The lowest BCUT2D eigenvalue weighted by atomic mass is 10.2. The normalized spacial score (nSPS) is 21.2. The van der Waals surface area contributed by atoms with Gasteiger partial charge in [-0.15, -0.1) is 0 Å². The highest BCUT2D eigenvalue weighted by Gasteiger charge is 2.19. The molecule has 86 valence electrons. The van der Waals surface area contributed by atoms with E-state index in [0.29, 0.717) is 12.2 Å². The molecule has 1 atom stereocenters. The van der Waals surface area contributed by atoms with Gasteiger partial charge >= 0.3 is 0 Å². The largest absolute Gasteiger partial charge is 0.381 e. The van der Waals surface area contributed by atoms with Crippen molar-refractivity contribution in [3.63, 3.8) is 0 Å². The number of aromatic nitrogens is 2. The number of rotatable bonds is 2. The third-order valence-electron chi connectivity index (χ3n) is 2.41. The summed E-state index contributed by atoms with van der Waals surface area (Å²) in [5.41, 5.74) is 5.72. The smallest absolute Gasteiger partial charge is 0.221 e. The van der Waals surface area contributed by atoms with Crippen LogP contribution in [0.3, 0.4) is 0 Å². The van der Waals surface area contributed by atoms with Gasteiger partial charge < -0.3 is 11.1 Å². The Morgan fingerprint density at radius 3 is 3.06 bits per heavy atom. The summed E-state index contributed by atoms with van der Waals surface area (Å²) >= 11 is 1.55. The molecule has 0 saturated carbocycles. The SMILES string of the molecule is Nc1nccnc1SC1CCCNC(=O)C1. The minimum Gasteiger partial charge on any atom is -0.381 e. The molecule has 2 heterocycles. The molecule has 1 unspecified atom stereocenters. The Morgan fingerprint density at radius 2 is 2.25 bits per heavy atom. The molecule has 6 heteroatoms. The summed E-state index contributed by atoms with van der Waals surface area (Å²) in [4.78, 5) is 19.5. The van der Waals surface area contributed by atoms with E-state index in [0.717, 1.165) is 24.4 Å². The van der Waals surface area contributed by atoms with E-state index in [4.69, 9.17) is 5.73 Å². The Balaban J connectivity index is 2.03. The summed E-state index contributed by atoms with van der Waals surface area (Å²) in [6, 6.07) is 0. The summed E-state index contributed by atoms with van der Waals surface area (Å²) in [5, 5.41) is 3.83. The second kappa shape index (κ2) is 5.16. The topological polar surface area (TPSA) is 80.9 Å². The van der Waals surface area contributed by atoms with E-state index >= 15 is 0 Å². The highest BCUT2D eigenvalue weighted by molar-refractivity contribution is 8.00. The second-order valence-electron chi connectivity index (χ2n) is 3.68. The van der Waals surface area contributed by atoms with E-state index < -0.39 is 0 Å². The van der Waals surface area contributed by atoms with Gasteiger partial charge in [0.1, 0.15) is 5.03 Å². The zero-order chi connectivity index (χ0) is 11.4. The monoisotopic (exact) mass is 238 g/mol. The predicted octanol–water partition coefficient (Wildman–Crippen LogP) is 0.820. The average Bonchev–Trinajstić information content (AvgIpc) is 2.46. The summed E-state index contributed by atoms with van der Waals surface area (Å²) < 4.78 is 0. The minimum atomic E-state index is 0.109. The maximum absolute atomic E-state index is 11.4. The molecule has 1 aliphatic rings. The van der Waals surface area contributed by atoms with E-state index in [2.05, 4.69) is 15.3 Å². The number of thioether (sulfide) groups is 1. The van der Waals surface area contributed by atoms with Crippen LogP contribution in [-0.4, -0.2) is 27.7 Å². The Hall–Kier alpha value is -1.30. The van der Waals surface area contributed by atoms with E-state index in [1.54, 1.807) is 24.2 Å². The highest BCUT2D eigenvalue weighted by Crippen LogP contribution is 2.30. The quantitative estimate of drug-likeness (QED) is 0.797. The van der Waals surface area contributed by atoms with Crippen LogP contribution >= 0.6 is 11.8 Å². The number of nitrogens with one attached hydrogen (secondary N) is 1. The Morgan fingerprint density at radius 1 is 1.44 bits per heavy atom. The fourth-order valence-corrected chi connectivity index (χ4v) is 2.75. The van der Waals surface area contributed by atoms with E-state index in [9.17, 15) is 4.79 Å². The number of nitrogens with two attached hydrogens (primary N) is 1. The molecule has 1 aliphatic heterocycles. The van der Waals surface area contributed by atoms with Crippen LogP contribution in [-0.2, 0) is 4.79 Å². The number of hydrogen-bond donors (Lipinski definition) is 2. The molecule has 1 aromatic heterocycles. The lowest BCUT2D eigenvalue weighted by molar-refractivity contribution is -0.120. The van der Waals surface area contributed by atoms with Crippen LogP contribution in [0.5, 0.6) is 0 Å². The Labute approximate surface area is 98.2 Å². The molecular weight excluding hydrogens is 224 g/mol. The van der Waals surface area contributed by atoms with Crippen molar-refractivity contribution in [1.82, 2.24) is 15.3 Å². The molecule has 1 amide bonds. The zero-order valence-electron chi connectivity index (χ0n) is 8.85. The zero-order valence-corrected chi connectivity index (χ0v) is 9.67. The van der Waals surface area contributed by atoms with Crippen LogP contribution in [0, 0.1) is 0 Å². The fraction of sp³-hybridized carbons (Fsp3) is 0.500. The fourth-order valence-electron chi connectivity index (χ4n) is 1.62. The number of hydrogen-bond acceptors (Lipinski definition) is 5. The highest BCUT2D eigenvalue weighted by atomic mass is 32.2. The van der Waals surface area contributed by atoms with Gasteiger partial charge in [-0.2, -0.15) is 0 Å². The van der Waals surface area contributed by atoms with Gasteiger partial charge in [-0.1, -0.05) is 11.8 Å². The molecule has 0 aliphatic carbocycles. The van der Waals surface area contributed by atoms with E-state index in [1.807, 2.05) is 0 Å². The Kier molecular flexibility index (Phi) is 3.61. The molecule has 0 bridgehead atoms. The summed E-state index contributed by atoms with van der Waals surface area (Å²) in [5.74, 6) is 0.551. The lowest BCUT2D eigenvalue weighted by Crippen LogP contribution is -2.22. The van der Waals surface area contributed by atoms with Crippen LogP contribution in [0.15, 0.2) is 17.4 Å². The van der Waals surface area contributed by atoms with Gasteiger partial charge in [0, 0.05) is 30.6 Å². The van der Waals surface area contributed by atoms with Crippen molar-refractivity contribution in [2.75, 3.05) is 12.3 Å². The molecule has 1 fully saturated rings. The van der Waals surface area contributed by atoms with Crippen molar-refractivity contribution in [2.24, 2.45) is 0 Å². The first-order valence-electron chi connectivity index (χ1n) is 5.25. The third-order valence-corrected chi connectivity index (χ3v) is 3.68. The standard InChI is InChI=1S/C10H14N4OS/c11-9-10(14-5-4-13-9)16-7-2-1-3-12-8(15)6-7/h4-5,7H,1-3,6H2,(H2,11,13)(H,12,15). The van der Waals surface area contributed by atoms with Crippen molar-refractivity contribution < 1.29 is 4.79 Å². The van der Waals surface area contributed by atoms with E-state index in [-0.39, 0.29) is 11.2 Å². The molecule has 3 N–H and O–H groups in total. The van der Waals surface area contributed by atoms with Crippen molar-refractivity contribution in [1.29, 1.82) is 0 Å². The van der Waals surface area contributed by atoms with Crippen LogP contribution in [0.25, 0.3) is 0 Å². The first kappa shape index (κ1) is 11.2. The number of anilines is 1. The first-order valence-corrected chi connectivity index (χ1v) is 6.13. The summed E-state index contributed by atoms with van der Waals surface area (Å²) in [7, 11) is 0. The molecule has 0 aromatic carbocycles. The van der Waals surface area contributed by atoms with Crippen LogP contribution < -0.4 is 11.1 Å². The maximum atomic E-state index is 11.4. The van der Waals surface area contributed by atoms with Crippen LogP contribution in [0.1, 0.15) is 19.3 Å². The van der Waals surface area contributed by atoms with Gasteiger partial charge in [0.25, 0.3) is 0 Å². The molecule has 16 heavy (non-hydrogen) atoms. The van der Waals surface area contributed by atoms with E-state index in [1.165, 1.54) is 0 Å². The second-order valence-corrected chi connectivity index (χ2v) is 4.97. The minimum absolute atomic E-state index is 0.109. The predicted molar refractivity (Wildman–Crippen MR) is 63.0 cm³/mol. The van der Waals surface area contributed by atoms with Gasteiger partial charge in [0.15, 0.2) is 5.82 Å². The molecule has 1 aromatic rings. The maximum Gasteiger partial charge on any atom is 0.221 e. The van der Waals surface area contributed by atoms with Gasteiger partial charge in [0.2, 0.25) is 5.91 Å². The van der Waals surface area contributed by atoms with Crippen molar-refractivity contribution in [2.45, 2.75) is 29.5 Å². The van der Waals surface area contributed by atoms with Crippen LogP contribution in [0.2, 0.25) is 0 Å². The first-order chi connectivity index (χ1) is 7.75. The molecule has 0 radical (unpaired) electrons. The summed E-state index contributed by atoms with van der Waals surface area (Å²) in [6.07, 6.45) is 5.72. The number of carbonyl (C=O) groups excluding carboxylic acids is 1. The Bertz CT molecular complexity index is 385. The number of carbonyl (C=O) groups is 1. The van der Waals surface area contributed by atoms with Crippen LogP contribution in [0.4, 0.5) is 5.82 Å². The van der Waals surface area contributed by atoms with Gasteiger partial charge in [0.05, 0.1) is 0 Å². The molecular formula is C10H14N4OS. The van der Waals surface area contributed by atoms with Gasteiger partial charge in [-0.25, -0.2) is 9.97 Å². The van der Waals surface area contributed by atoms with Crippen molar-refractivity contribution in [3.8, 4) is 0 Å². The molecule has 2 rings (SSSR count). The number of nitrogens with zero attached hydrogens (tertiary/aromatic N) is 2. The number of amides is 1.